The molecule has 0 fully saturated rings. The topological polar surface area (TPSA) is 104 Å². The fourth-order valence-electron chi connectivity index (χ4n) is 4.31. The van der Waals surface area contributed by atoms with Crippen molar-refractivity contribution in [3.63, 3.8) is 0 Å². The average Bonchev–Trinajstić information content (AvgIpc) is 3.30. The van der Waals surface area contributed by atoms with Gasteiger partial charge in [0, 0.05) is 29.4 Å². The van der Waals surface area contributed by atoms with Crippen LogP contribution in [-0.2, 0) is 5.60 Å². The molecule has 0 saturated carbocycles. The summed E-state index contributed by atoms with van der Waals surface area (Å²) in [6.07, 6.45) is 3.28. The SMILES string of the molecule is CC(C)(O)c1ccc(-c2n[nH]c3ccc(-c4ccn([C@H](CO)c5ccc(F)c(Cl)c5)c(=O)c4)cc23)cn1. The van der Waals surface area contributed by atoms with Gasteiger partial charge >= 0.3 is 0 Å². The zero-order chi connectivity index (χ0) is 26.3. The first kappa shape index (κ1) is 24.8. The third kappa shape index (κ3) is 4.79. The van der Waals surface area contributed by atoms with Crippen molar-refractivity contribution in [3.8, 4) is 22.4 Å². The Bertz CT molecular complexity index is 1660. The second-order valence-corrected chi connectivity index (χ2v) is 9.76. The van der Waals surface area contributed by atoms with Crippen LogP contribution in [0.2, 0.25) is 5.02 Å². The molecule has 5 rings (SSSR count). The molecule has 3 N–H and O–H groups in total. The molecule has 0 radical (unpaired) electrons. The molecule has 1 atom stereocenters. The molecule has 0 aliphatic carbocycles. The van der Waals surface area contributed by atoms with Crippen LogP contribution >= 0.6 is 11.6 Å². The van der Waals surface area contributed by atoms with Crippen molar-refractivity contribution in [1.82, 2.24) is 19.7 Å². The van der Waals surface area contributed by atoms with Crippen molar-refractivity contribution in [1.29, 1.82) is 0 Å². The summed E-state index contributed by atoms with van der Waals surface area (Å²) >= 11 is 5.90. The maximum absolute atomic E-state index is 13.6. The third-order valence-corrected chi connectivity index (χ3v) is 6.63. The minimum Gasteiger partial charge on any atom is -0.394 e. The smallest absolute Gasteiger partial charge is 0.251 e. The number of nitrogens with zero attached hydrogens (tertiary/aromatic N) is 3. The number of aliphatic hydroxyl groups excluding tert-OH is 1. The molecule has 3 heterocycles. The van der Waals surface area contributed by atoms with Gasteiger partial charge in [-0.3, -0.25) is 14.9 Å². The van der Waals surface area contributed by atoms with Crippen molar-refractivity contribution < 1.29 is 14.6 Å². The highest BCUT2D eigenvalue weighted by Crippen LogP contribution is 2.31. The number of aliphatic hydroxyl groups is 2. The molecule has 5 aromatic rings. The predicted molar refractivity (Wildman–Crippen MR) is 141 cm³/mol. The Labute approximate surface area is 216 Å². The first-order chi connectivity index (χ1) is 17.7. The Hall–Kier alpha value is -3.85. The van der Waals surface area contributed by atoms with Crippen molar-refractivity contribution in [2.24, 2.45) is 0 Å². The summed E-state index contributed by atoms with van der Waals surface area (Å²) in [6, 6.07) is 16.1. The van der Waals surface area contributed by atoms with Crippen LogP contribution in [0.5, 0.6) is 0 Å². The largest absolute Gasteiger partial charge is 0.394 e. The molecule has 37 heavy (non-hydrogen) atoms. The second kappa shape index (κ2) is 9.55. The van der Waals surface area contributed by atoms with E-state index in [0.717, 1.165) is 22.0 Å². The number of nitrogens with one attached hydrogen (secondary N) is 1. The Morgan fingerprint density at radius 2 is 1.81 bits per heavy atom. The van der Waals surface area contributed by atoms with Gasteiger partial charge in [-0.05, 0) is 73.0 Å². The molecule has 0 aliphatic rings. The standard InChI is InChI=1S/C28H24ClFN4O3/c1-28(2,37)25-8-5-19(14-31-25)27-20-11-16(4-7-23(20)32-33-27)17-9-10-34(26(36)13-17)24(15-35)18-3-6-22(30)21(29)12-18/h3-14,24,35,37H,15H2,1-2H3,(H,32,33)/t24-/m1/s1. The lowest BCUT2D eigenvalue weighted by atomic mass is 10.0. The molecule has 0 aliphatic heterocycles. The fourth-order valence-corrected chi connectivity index (χ4v) is 4.50. The molecular formula is C28H24ClFN4O3. The summed E-state index contributed by atoms with van der Waals surface area (Å²) < 4.78 is 15.0. The zero-order valence-electron chi connectivity index (χ0n) is 20.1. The van der Waals surface area contributed by atoms with Gasteiger partial charge in [-0.15, -0.1) is 0 Å². The summed E-state index contributed by atoms with van der Waals surface area (Å²) in [7, 11) is 0. The van der Waals surface area contributed by atoms with Gasteiger partial charge in [-0.25, -0.2) is 4.39 Å². The highest BCUT2D eigenvalue weighted by atomic mass is 35.5. The van der Waals surface area contributed by atoms with Gasteiger partial charge in [0.1, 0.15) is 17.1 Å². The van der Waals surface area contributed by atoms with Crippen LogP contribution in [0.3, 0.4) is 0 Å². The number of rotatable bonds is 6. The molecular weight excluding hydrogens is 495 g/mol. The summed E-state index contributed by atoms with van der Waals surface area (Å²) in [5, 5.41) is 28.4. The van der Waals surface area contributed by atoms with Gasteiger partial charge in [-0.1, -0.05) is 23.7 Å². The summed E-state index contributed by atoms with van der Waals surface area (Å²) in [5.74, 6) is -0.567. The van der Waals surface area contributed by atoms with Crippen LogP contribution in [0.15, 0.2) is 77.9 Å². The third-order valence-electron chi connectivity index (χ3n) is 6.35. The molecule has 9 heteroatoms. The quantitative estimate of drug-likeness (QED) is 0.291. The maximum atomic E-state index is 13.6. The molecule has 2 aromatic carbocycles. The van der Waals surface area contributed by atoms with E-state index in [9.17, 15) is 19.4 Å². The van der Waals surface area contributed by atoms with E-state index >= 15 is 0 Å². The molecule has 0 spiro atoms. The van der Waals surface area contributed by atoms with Crippen molar-refractivity contribution >= 4 is 22.5 Å². The van der Waals surface area contributed by atoms with Crippen LogP contribution in [0.4, 0.5) is 4.39 Å². The maximum Gasteiger partial charge on any atom is 0.251 e. The number of H-pyrrole nitrogens is 1. The Morgan fingerprint density at radius 1 is 1.05 bits per heavy atom. The Kier molecular flexibility index (Phi) is 6.41. The highest BCUT2D eigenvalue weighted by molar-refractivity contribution is 6.30. The van der Waals surface area contributed by atoms with Gasteiger partial charge in [0.2, 0.25) is 0 Å². The van der Waals surface area contributed by atoms with E-state index in [2.05, 4.69) is 15.2 Å². The predicted octanol–water partition coefficient (Wildman–Crippen LogP) is 5.06. The van der Waals surface area contributed by atoms with Crippen LogP contribution in [-0.4, -0.2) is 36.6 Å². The van der Waals surface area contributed by atoms with Crippen molar-refractivity contribution in [2.45, 2.75) is 25.5 Å². The average molecular weight is 519 g/mol. The van der Waals surface area contributed by atoms with Crippen molar-refractivity contribution in [2.75, 3.05) is 6.61 Å². The molecule has 188 valence electrons. The number of halogens is 2. The minimum atomic E-state index is -1.04. The zero-order valence-corrected chi connectivity index (χ0v) is 20.9. The fraction of sp³-hybridized carbons (Fsp3) is 0.179. The van der Waals surface area contributed by atoms with Crippen LogP contribution in [0.1, 0.15) is 31.1 Å². The lowest BCUT2D eigenvalue weighted by Crippen LogP contribution is -2.26. The van der Waals surface area contributed by atoms with E-state index in [4.69, 9.17) is 11.6 Å². The Balaban J connectivity index is 1.50. The second-order valence-electron chi connectivity index (χ2n) is 9.36. The van der Waals surface area contributed by atoms with Crippen LogP contribution in [0, 0.1) is 5.82 Å². The van der Waals surface area contributed by atoms with E-state index in [0.29, 0.717) is 22.5 Å². The monoisotopic (exact) mass is 518 g/mol. The van der Waals surface area contributed by atoms with Gasteiger partial charge in [0.05, 0.1) is 28.9 Å². The Morgan fingerprint density at radius 3 is 2.46 bits per heavy atom. The molecule has 3 aromatic heterocycles. The van der Waals surface area contributed by atoms with Crippen LogP contribution < -0.4 is 5.56 Å². The summed E-state index contributed by atoms with van der Waals surface area (Å²) in [5.41, 5.74) is 3.54. The first-order valence-corrected chi connectivity index (χ1v) is 12.0. The number of aromatic amines is 1. The summed E-state index contributed by atoms with van der Waals surface area (Å²) in [6.45, 7) is 3.00. The van der Waals surface area contributed by atoms with E-state index < -0.39 is 17.5 Å². The summed E-state index contributed by atoms with van der Waals surface area (Å²) in [4.78, 5) is 17.4. The number of fused-ring (bicyclic) bond motifs is 1. The molecule has 0 unspecified atom stereocenters. The van der Waals surface area contributed by atoms with Crippen molar-refractivity contribution in [3.05, 3.63) is 106 Å². The number of pyridine rings is 2. The van der Waals surface area contributed by atoms with E-state index in [1.807, 2.05) is 24.3 Å². The van der Waals surface area contributed by atoms with Gasteiger partial charge in [0.15, 0.2) is 0 Å². The van der Waals surface area contributed by atoms with Gasteiger partial charge in [0.25, 0.3) is 5.56 Å². The van der Waals surface area contributed by atoms with Gasteiger partial charge < -0.3 is 14.8 Å². The number of benzene rings is 2. The van der Waals surface area contributed by atoms with E-state index in [1.165, 1.54) is 28.8 Å². The molecule has 0 amide bonds. The van der Waals surface area contributed by atoms with Crippen LogP contribution in [0.25, 0.3) is 33.3 Å². The number of aromatic nitrogens is 4. The normalized spacial score (nSPS) is 12.7. The minimum absolute atomic E-state index is 0.0743. The molecule has 0 bridgehead atoms. The van der Waals surface area contributed by atoms with Gasteiger partial charge in [-0.2, -0.15) is 5.10 Å². The van der Waals surface area contributed by atoms with E-state index in [-0.39, 0.29) is 17.2 Å². The first-order valence-electron chi connectivity index (χ1n) is 11.6. The number of hydrogen-bond donors (Lipinski definition) is 3. The lowest BCUT2D eigenvalue weighted by molar-refractivity contribution is 0.0739. The highest BCUT2D eigenvalue weighted by Gasteiger charge is 2.19. The van der Waals surface area contributed by atoms with E-state index in [1.54, 1.807) is 38.4 Å². The molecule has 7 nitrogen and oxygen atoms in total. The lowest BCUT2D eigenvalue weighted by Gasteiger charge is -2.19. The number of hydrogen-bond acceptors (Lipinski definition) is 5. The molecule has 0 saturated heterocycles.